The van der Waals surface area contributed by atoms with E-state index >= 15 is 0 Å². The van der Waals surface area contributed by atoms with Gasteiger partial charge in [0.05, 0.1) is 6.54 Å². The molecule has 0 spiro atoms. The lowest BCUT2D eigenvalue weighted by atomic mass is 10.3. The largest absolute Gasteiger partial charge is 0.454 e. The maximum absolute atomic E-state index is 12.3. The van der Waals surface area contributed by atoms with Crippen LogP contribution in [0.2, 0.25) is 0 Å². The number of rotatable bonds is 4. The van der Waals surface area contributed by atoms with Crippen LogP contribution < -0.4 is 5.73 Å². The van der Waals surface area contributed by atoms with Gasteiger partial charge >= 0.3 is 12.1 Å². The minimum atomic E-state index is -5.49. The van der Waals surface area contributed by atoms with Gasteiger partial charge in [0.25, 0.3) is 0 Å². The number of likely N-dealkylation sites (N-methyl/N-ethyl adjacent to an activating group) is 1. The van der Waals surface area contributed by atoms with Gasteiger partial charge in [-0.15, -0.1) is 0 Å². The fourth-order valence-electron chi connectivity index (χ4n) is 0.728. The summed E-state index contributed by atoms with van der Waals surface area (Å²) in [6.45, 7) is -1.30. The van der Waals surface area contributed by atoms with Crippen LogP contribution >= 0.6 is 0 Å². The van der Waals surface area contributed by atoms with Crippen molar-refractivity contribution in [1.82, 2.24) is 4.90 Å². The molecule has 0 aromatic rings. The van der Waals surface area contributed by atoms with Gasteiger partial charge in [-0.25, -0.2) is 0 Å². The number of hydrogen-bond acceptors (Lipinski definition) is 2. The molecule has 80 valence electrons. The quantitative estimate of drug-likeness (QED) is 0.697. The lowest BCUT2D eigenvalue weighted by molar-refractivity contribution is -0.285. The molecule has 0 amide bonds. The van der Waals surface area contributed by atoms with Crippen molar-refractivity contribution in [2.45, 2.75) is 12.1 Å². The molecule has 0 aromatic heterocycles. The Hall–Kier alpha value is -0.430. The summed E-state index contributed by atoms with van der Waals surface area (Å²) in [4.78, 5) is 0.841. The normalized spacial score (nSPS) is 13.8. The van der Waals surface area contributed by atoms with E-state index in [-0.39, 0.29) is 13.1 Å². The molecule has 0 radical (unpaired) electrons. The topological polar surface area (TPSA) is 29.3 Å². The van der Waals surface area contributed by atoms with E-state index < -0.39 is 18.6 Å². The second kappa shape index (κ2) is 4.19. The molecule has 0 saturated heterocycles. The highest BCUT2D eigenvalue weighted by atomic mass is 19.4. The molecule has 0 atom stereocenters. The van der Waals surface area contributed by atoms with Crippen LogP contribution in [0.3, 0.4) is 0 Å². The smallest absolute Gasteiger partial charge is 0.329 e. The molecular formula is C6H11F5N2. The van der Waals surface area contributed by atoms with E-state index in [0.29, 0.717) is 0 Å². The van der Waals surface area contributed by atoms with Crippen molar-refractivity contribution in [3.63, 3.8) is 0 Å². The van der Waals surface area contributed by atoms with Crippen molar-refractivity contribution in [2.24, 2.45) is 5.73 Å². The van der Waals surface area contributed by atoms with Crippen LogP contribution in [0.1, 0.15) is 0 Å². The zero-order valence-electron chi connectivity index (χ0n) is 7.04. The number of hydrogen-bond donors (Lipinski definition) is 1. The Bertz CT molecular complexity index is 156. The molecule has 2 nitrogen and oxygen atoms in total. The molecule has 0 aromatic carbocycles. The van der Waals surface area contributed by atoms with Crippen LogP contribution in [0.15, 0.2) is 0 Å². The molecule has 0 unspecified atom stereocenters. The lowest BCUT2D eigenvalue weighted by Crippen LogP contribution is -2.46. The van der Waals surface area contributed by atoms with Gasteiger partial charge in [0.2, 0.25) is 0 Å². The van der Waals surface area contributed by atoms with Crippen molar-refractivity contribution in [2.75, 3.05) is 26.7 Å². The molecule has 7 heteroatoms. The number of halogens is 5. The van der Waals surface area contributed by atoms with Crippen LogP contribution in [0.5, 0.6) is 0 Å². The monoisotopic (exact) mass is 206 g/mol. The molecule has 13 heavy (non-hydrogen) atoms. The second-order valence-corrected chi connectivity index (χ2v) is 2.73. The van der Waals surface area contributed by atoms with Crippen LogP contribution in [0.25, 0.3) is 0 Å². The van der Waals surface area contributed by atoms with E-state index in [4.69, 9.17) is 5.73 Å². The molecular weight excluding hydrogens is 195 g/mol. The third kappa shape index (κ3) is 3.86. The zero-order valence-corrected chi connectivity index (χ0v) is 7.04. The lowest BCUT2D eigenvalue weighted by Gasteiger charge is -2.24. The summed E-state index contributed by atoms with van der Waals surface area (Å²) in [6, 6.07) is 0. The van der Waals surface area contributed by atoms with Gasteiger partial charge in [0, 0.05) is 13.1 Å². The fraction of sp³-hybridized carbons (Fsp3) is 1.00. The summed E-state index contributed by atoms with van der Waals surface area (Å²) in [5.41, 5.74) is 4.99. The third-order valence-electron chi connectivity index (χ3n) is 1.39. The molecule has 0 heterocycles. The zero-order chi connectivity index (χ0) is 10.7. The summed E-state index contributed by atoms with van der Waals surface area (Å²) in [7, 11) is 1.16. The Morgan fingerprint density at radius 1 is 1.15 bits per heavy atom. The predicted molar refractivity (Wildman–Crippen MR) is 37.6 cm³/mol. The average Bonchev–Trinajstić information content (AvgIpc) is 1.83. The van der Waals surface area contributed by atoms with Crippen molar-refractivity contribution < 1.29 is 22.0 Å². The van der Waals surface area contributed by atoms with Gasteiger partial charge in [-0.2, -0.15) is 22.0 Å². The van der Waals surface area contributed by atoms with Crippen molar-refractivity contribution >= 4 is 0 Å². The first-order chi connectivity index (χ1) is 5.70. The Morgan fingerprint density at radius 3 is 1.92 bits per heavy atom. The minimum absolute atomic E-state index is 0.00562. The van der Waals surface area contributed by atoms with Gasteiger partial charge in [-0.3, -0.25) is 4.90 Å². The van der Waals surface area contributed by atoms with Crippen molar-refractivity contribution in [3.8, 4) is 0 Å². The van der Waals surface area contributed by atoms with E-state index in [1.807, 2.05) is 0 Å². The van der Waals surface area contributed by atoms with E-state index in [9.17, 15) is 22.0 Å². The Morgan fingerprint density at radius 2 is 1.62 bits per heavy atom. The van der Waals surface area contributed by atoms with E-state index in [1.54, 1.807) is 0 Å². The van der Waals surface area contributed by atoms with Gasteiger partial charge in [0.1, 0.15) is 0 Å². The number of nitrogens with zero attached hydrogens (tertiary/aromatic N) is 1. The molecule has 0 bridgehead atoms. The maximum atomic E-state index is 12.3. The molecule has 0 rings (SSSR count). The molecule has 0 fully saturated rings. The van der Waals surface area contributed by atoms with Crippen LogP contribution in [-0.4, -0.2) is 43.7 Å². The molecule has 0 aliphatic heterocycles. The maximum Gasteiger partial charge on any atom is 0.454 e. The standard InChI is InChI=1S/C6H11F5N2/c1-13(3-2-12)4-5(7,8)6(9,10)11/h2-4,12H2,1H3. The van der Waals surface area contributed by atoms with E-state index in [2.05, 4.69) is 0 Å². The second-order valence-electron chi connectivity index (χ2n) is 2.73. The van der Waals surface area contributed by atoms with Gasteiger partial charge in [-0.1, -0.05) is 0 Å². The molecule has 0 aliphatic rings. The highest BCUT2D eigenvalue weighted by Gasteiger charge is 2.57. The third-order valence-corrected chi connectivity index (χ3v) is 1.39. The predicted octanol–water partition coefficient (Wildman–Crippen LogP) is 1.07. The average molecular weight is 206 g/mol. The highest BCUT2D eigenvalue weighted by molar-refractivity contribution is 4.78. The Balaban J connectivity index is 4.17. The van der Waals surface area contributed by atoms with E-state index in [0.717, 1.165) is 11.9 Å². The first-order valence-corrected chi connectivity index (χ1v) is 3.54. The summed E-state index contributed by atoms with van der Waals surface area (Å²) >= 11 is 0. The van der Waals surface area contributed by atoms with E-state index in [1.165, 1.54) is 0 Å². The van der Waals surface area contributed by atoms with Crippen LogP contribution in [0.4, 0.5) is 22.0 Å². The van der Waals surface area contributed by atoms with Crippen LogP contribution in [-0.2, 0) is 0 Å². The highest BCUT2D eigenvalue weighted by Crippen LogP contribution is 2.35. The molecule has 0 aliphatic carbocycles. The van der Waals surface area contributed by atoms with Crippen molar-refractivity contribution in [3.05, 3.63) is 0 Å². The fourth-order valence-corrected chi connectivity index (χ4v) is 0.728. The first kappa shape index (κ1) is 12.6. The minimum Gasteiger partial charge on any atom is -0.329 e. The molecule has 2 N–H and O–H groups in total. The number of nitrogens with two attached hydrogens (primary N) is 1. The van der Waals surface area contributed by atoms with Crippen molar-refractivity contribution in [1.29, 1.82) is 0 Å². The SMILES string of the molecule is CN(CCN)CC(F)(F)C(F)(F)F. The first-order valence-electron chi connectivity index (χ1n) is 3.54. The Labute approximate surface area is 72.5 Å². The summed E-state index contributed by atoms with van der Waals surface area (Å²) in [5.74, 6) is -4.67. The van der Waals surface area contributed by atoms with Gasteiger partial charge in [0.15, 0.2) is 0 Å². The molecule has 0 saturated carbocycles. The Kier molecular flexibility index (Phi) is 4.05. The summed E-state index contributed by atoms with van der Waals surface area (Å²) in [6.07, 6.45) is -5.49. The van der Waals surface area contributed by atoms with Gasteiger partial charge < -0.3 is 5.73 Å². The summed E-state index contributed by atoms with van der Waals surface area (Å²) < 4.78 is 59.5. The van der Waals surface area contributed by atoms with Crippen LogP contribution in [0, 0.1) is 0 Å². The summed E-state index contributed by atoms with van der Waals surface area (Å²) in [5, 5.41) is 0. The van der Waals surface area contributed by atoms with Gasteiger partial charge in [-0.05, 0) is 7.05 Å². The number of alkyl halides is 5.